The first kappa shape index (κ1) is 37.1. The van der Waals surface area contributed by atoms with Crippen molar-refractivity contribution in [1.82, 2.24) is 4.98 Å². The van der Waals surface area contributed by atoms with Gasteiger partial charge in [0.2, 0.25) is 5.88 Å². The van der Waals surface area contributed by atoms with Crippen molar-refractivity contribution >= 4 is 5.97 Å². The van der Waals surface area contributed by atoms with Crippen LogP contribution in [0.15, 0.2) is 66.9 Å². The maximum absolute atomic E-state index is 12.9. The van der Waals surface area contributed by atoms with Crippen LogP contribution in [-0.4, -0.2) is 41.6 Å². The molecule has 46 heavy (non-hydrogen) atoms. The predicted octanol–water partition coefficient (Wildman–Crippen LogP) is 11.0. The fourth-order valence-electron chi connectivity index (χ4n) is 5.62. The smallest absolute Gasteiger partial charge is 0.414 e. The highest BCUT2D eigenvalue weighted by molar-refractivity contribution is 5.83. The number of carboxylic acids is 1. The van der Waals surface area contributed by atoms with Gasteiger partial charge >= 0.3 is 12.1 Å². The Kier molecular flexibility index (Phi) is 16.1. The van der Waals surface area contributed by atoms with Crippen molar-refractivity contribution in [2.75, 3.05) is 13.2 Å². The van der Waals surface area contributed by atoms with Gasteiger partial charge in [0, 0.05) is 30.9 Å². The van der Waals surface area contributed by atoms with E-state index in [4.69, 9.17) is 9.47 Å². The molecule has 1 aromatic heterocycles. The molecule has 0 aliphatic heterocycles. The molecule has 3 aromatic rings. The standard InChI is InChI=1S/C38H50F3NO4/c1-3-4-5-6-7-8-9-13-25-46-36-24-22-33(28-42-36)35-27-32(21-23-34(35)31-16-11-10-12-17-31)30(18-14-20-37(43)44)19-15-26-45-29(2)38(39,40)41/h10-12,16-17,21-24,27-30H,3-9,13-15,18-20,25-26H2,1-2H3,(H,43,44). The van der Waals surface area contributed by atoms with Crippen molar-refractivity contribution in [2.24, 2.45) is 0 Å². The predicted molar refractivity (Wildman–Crippen MR) is 178 cm³/mol. The lowest BCUT2D eigenvalue weighted by molar-refractivity contribution is -0.214. The molecule has 1 N–H and O–H groups in total. The van der Waals surface area contributed by atoms with Gasteiger partial charge in [-0.15, -0.1) is 0 Å². The second-order valence-corrected chi connectivity index (χ2v) is 12.1. The summed E-state index contributed by atoms with van der Waals surface area (Å²) in [5.41, 5.74) is 5.00. The van der Waals surface area contributed by atoms with E-state index in [0.717, 1.165) is 47.6 Å². The zero-order valence-corrected chi connectivity index (χ0v) is 27.4. The van der Waals surface area contributed by atoms with Crippen LogP contribution >= 0.6 is 0 Å². The summed E-state index contributed by atoms with van der Waals surface area (Å²) in [6, 6.07) is 20.2. The van der Waals surface area contributed by atoms with Gasteiger partial charge in [-0.3, -0.25) is 4.79 Å². The maximum Gasteiger partial charge on any atom is 0.414 e. The van der Waals surface area contributed by atoms with Gasteiger partial charge in [0.1, 0.15) is 0 Å². The number of carboxylic acid groups (broad SMARTS) is 1. The average molecular weight is 642 g/mol. The number of rotatable bonds is 22. The Labute approximate surface area is 272 Å². The van der Waals surface area contributed by atoms with Gasteiger partial charge in [-0.2, -0.15) is 13.2 Å². The van der Waals surface area contributed by atoms with E-state index in [1.165, 1.54) is 38.5 Å². The first-order valence-electron chi connectivity index (χ1n) is 16.9. The molecule has 3 rings (SSSR count). The molecule has 0 aliphatic carbocycles. The molecular formula is C38H50F3NO4. The number of carbonyl (C=O) groups is 1. The number of halogens is 3. The lowest BCUT2D eigenvalue weighted by Gasteiger charge is -2.21. The van der Waals surface area contributed by atoms with Gasteiger partial charge in [-0.25, -0.2) is 4.98 Å². The van der Waals surface area contributed by atoms with Crippen LogP contribution in [0.25, 0.3) is 22.3 Å². The summed E-state index contributed by atoms with van der Waals surface area (Å²) in [7, 11) is 0. The molecule has 0 amide bonds. The van der Waals surface area contributed by atoms with Crippen LogP contribution < -0.4 is 4.74 Å². The van der Waals surface area contributed by atoms with Crippen molar-refractivity contribution in [2.45, 2.75) is 116 Å². The van der Waals surface area contributed by atoms with Crippen LogP contribution in [0.4, 0.5) is 13.2 Å². The fraction of sp³-hybridized carbons (Fsp3) is 0.526. The molecule has 0 saturated carbocycles. The molecule has 0 bridgehead atoms. The molecule has 2 aromatic carbocycles. The molecule has 1 heterocycles. The molecule has 0 spiro atoms. The minimum atomic E-state index is -4.40. The zero-order valence-electron chi connectivity index (χ0n) is 27.4. The highest BCUT2D eigenvalue weighted by atomic mass is 19.4. The van der Waals surface area contributed by atoms with Crippen molar-refractivity contribution in [3.8, 4) is 28.1 Å². The Morgan fingerprint density at radius 3 is 2.15 bits per heavy atom. The van der Waals surface area contributed by atoms with Crippen LogP contribution in [0.2, 0.25) is 0 Å². The highest BCUT2D eigenvalue weighted by Gasteiger charge is 2.36. The molecule has 2 atom stereocenters. The normalized spacial score (nSPS) is 13.0. The molecule has 0 saturated heterocycles. The molecule has 0 fully saturated rings. The third kappa shape index (κ3) is 13.1. The van der Waals surface area contributed by atoms with Crippen LogP contribution in [0.3, 0.4) is 0 Å². The lowest BCUT2D eigenvalue weighted by Crippen LogP contribution is -2.28. The highest BCUT2D eigenvalue weighted by Crippen LogP contribution is 2.37. The minimum absolute atomic E-state index is 0.0184. The van der Waals surface area contributed by atoms with E-state index in [2.05, 4.69) is 36.2 Å². The fourth-order valence-corrected chi connectivity index (χ4v) is 5.62. The number of benzene rings is 2. The second-order valence-electron chi connectivity index (χ2n) is 12.1. The third-order valence-corrected chi connectivity index (χ3v) is 8.36. The molecular weight excluding hydrogens is 591 g/mol. The number of hydrogen-bond acceptors (Lipinski definition) is 4. The zero-order chi connectivity index (χ0) is 33.2. The molecule has 2 unspecified atom stereocenters. The summed E-state index contributed by atoms with van der Waals surface area (Å²) in [4.78, 5) is 15.8. The van der Waals surface area contributed by atoms with Crippen molar-refractivity contribution in [3.05, 3.63) is 72.4 Å². The van der Waals surface area contributed by atoms with E-state index in [0.29, 0.717) is 38.2 Å². The quantitative estimate of drug-likeness (QED) is 0.111. The van der Waals surface area contributed by atoms with Crippen molar-refractivity contribution < 1.29 is 32.5 Å². The van der Waals surface area contributed by atoms with Crippen LogP contribution in [-0.2, 0) is 9.53 Å². The molecule has 8 heteroatoms. The average Bonchev–Trinajstić information content (AvgIpc) is 3.05. The van der Waals surface area contributed by atoms with E-state index < -0.39 is 18.2 Å². The maximum atomic E-state index is 12.9. The number of aliphatic carboxylic acids is 1. The first-order chi connectivity index (χ1) is 22.2. The number of pyridine rings is 1. The molecule has 0 radical (unpaired) electrons. The second kappa shape index (κ2) is 20.0. The van der Waals surface area contributed by atoms with Gasteiger partial charge in [-0.05, 0) is 73.3 Å². The third-order valence-electron chi connectivity index (χ3n) is 8.36. The van der Waals surface area contributed by atoms with Crippen molar-refractivity contribution in [3.63, 3.8) is 0 Å². The lowest BCUT2D eigenvalue weighted by atomic mass is 9.85. The number of nitrogens with zero attached hydrogens (tertiary/aromatic N) is 1. The van der Waals surface area contributed by atoms with E-state index in [-0.39, 0.29) is 18.9 Å². The minimum Gasteiger partial charge on any atom is -0.481 e. The summed E-state index contributed by atoms with van der Waals surface area (Å²) in [6.07, 6.45) is 7.60. The Morgan fingerprint density at radius 2 is 1.50 bits per heavy atom. The number of alkyl halides is 3. The largest absolute Gasteiger partial charge is 0.481 e. The summed E-state index contributed by atoms with van der Waals surface area (Å²) in [5.74, 6) is -0.310. The van der Waals surface area contributed by atoms with Gasteiger partial charge in [0.25, 0.3) is 0 Å². The van der Waals surface area contributed by atoms with Gasteiger partial charge in [0.05, 0.1) is 6.61 Å². The Morgan fingerprint density at radius 1 is 0.804 bits per heavy atom. The van der Waals surface area contributed by atoms with E-state index in [1.807, 2.05) is 42.6 Å². The van der Waals surface area contributed by atoms with Crippen molar-refractivity contribution in [1.29, 1.82) is 0 Å². The van der Waals surface area contributed by atoms with Crippen LogP contribution in [0.1, 0.15) is 109 Å². The van der Waals surface area contributed by atoms with E-state index >= 15 is 0 Å². The summed E-state index contributed by atoms with van der Waals surface area (Å²) in [5, 5.41) is 9.21. The van der Waals surface area contributed by atoms with Gasteiger partial charge < -0.3 is 14.6 Å². The number of aromatic nitrogens is 1. The topological polar surface area (TPSA) is 68.7 Å². The Balaban J connectivity index is 1.74. The first-order valence-corrected chi connectivity index (χ1v) is 16.9. The van der Waals surface area contributed by atoms with Crippen LogP contribution in [0.5, 0.6) is 5.88 Å². The van der Waals surface area contributed by atoms with Crippen LogP contribution in [0, 0.1) is 0 Å². The summed E-state index contributed by atoms with van der Waals surface area (Å²) >= 11 is 0. The van der Waals surface area contributed by atoms with Gasteiger partial charge in [0.15, 0.2) is 6.10 Å². The summed E-state index contributed by atoms with van der Waals surface area (Å²) < 4.78 is 49.7. The monoisotopic (exact) mass is 641 g/mol. The molecule has 0 aliphatic rings. The molecule has 252 valence electrons. The Hall–Kier alpha value is -3.39. The number of ether oxygens (including phenoxy) is 2. The summed E-state index contributed by atoms with van der Waals surface area (Å²) in [6.45, 7) is 3.86. The number of unbranched alkanes of at least 4 members (excludes halogenated alkanes) is 7. The number of hydrogen-bond donors (Lipinski definition) is 1. The van der Waals surface area contributed by atoms with Gasteiger partial charge in [-0.1, -0.05) is 100 Å². The molecule has 5 nitrogen and oxygen atoms in total. The van der Waals surface area contributed by atoms with E-state index in [1.54, 1.807) is 0 Å². The van der Waals surface area contributed by atoms with E-state index in [9.17, 15) is 23.1 Å². The SMILES string of the molecule is CCCCCCCCCCOc1ccc(-c2cc(C(CCCOC(C)C(F)(F)F)CCCC(=O)O)ccc2-c2ccccc2)cn1. The Bertz CT molecular complexity index is 1280.